The van der Waals surface area contributed by atoms with E-state index < -0.39 is 18.2 Å². The number of hydrogen-bond acceptors (Lipinski definition) is 17. The number of amides is 2. The number of nitrogen functional groups attached to an aromatic ring is 1. The van der Waals surface area contributed by atoms with Gasteiger partial charge in [0, 0.05) is 101 Å². The van der Waals surface area contributed by atoms with Gasteiger partial charge in [0.2, 0.25) is 17.7 Å². The number of carbonyl (C=O) groups is 2. The molecule has 9 heterocycles. The molecule has 19 nitrogen and oxygen atoms in total. The number of nitrogens with zero attached hydrogens (tertiary/aromatic N) is 11. The molecule has 5 aliphatic rings. The maximum atomic E-state index is 14.3. The molecule has 6 atom stereocenters. The van der Waals surface area contributed by atoms with Gasteiger partial charge in [-0.25, -0.2) is 9.97 Å². The lowest BCUT2D eigenvalue weighted by Crippen LogP contribution is -2.57. The summed E-state index contributed by atoms with van der Waals surface area (Å²) in [5.74, 6) is 1.04. The molecule has 4 aromatic heterocycles. The number of anilines is 3. The number of thiazole rings is 1. The first kappa shape index (κ1) is 51.6. The van der Waals surface area contributed by atoms with Gasteiger partial charge in [-0.15, -0.1) is 21.5 Å². The van der Waals surface area contributed by atoms with Crippen molar-refractivity contribution >= 4 is 40.3 Å². The summed E-state index contributed by atoms with van der Waals surface area (Å²) in [5, 5.41) is 37.5. The number of fused-ring (bicyclic) bond motifs is 4. The van der Waals surface area contributed by atoms with Crippen LogP contribution in [0.5, 0.6) is 17.4 Å². The van der Waals surface area contributed by atoms with E-state index in [0.717, 1.165) is 105 Å². The highest BCUT2D eigenvalue weighted by Crippen LogP contribution is 2.39. The molecule has 0 spiro atoms. The number of ether oxygens (including phenoxy) is 2. The number of pyridine rings is 1. The Balaban J connectivity index is 0.660. The smallest absolute Gasteiger partial charge is 0.248 e. The lowest BCUT2D eigenvalue weighted by atomic mass is 10.0. The molecule has 0 saturated carbocycles. The minimum absolute atomic E-state index is 0.0728. The first-order chi connectivity index (χ1) is 36.4. The number of aliphatic hydroxyl groups excluding tert-OH is 1. The van der Waals surface area contributed by atoms with E-state index in [-0.39, 0.29) is 54.6 Å². The molecule has 2 bridgehead atoms. The van der Waals surface area contributed by atoms with E-state index in [0.29, 0.717) is 41.9 Å². The summed E-state index contributed by atoms with van der Waals surface area (Å²) >= 11 is 1.60. The van der Waals surface area contributed by atoms with Crippen molar-refractivity contribution in [3.8, 4) is 39.1 Å². The fourth-order valence-corrected chi connectivity index (χ4v) is 12.0. The summed E-state index contributed by atoms with van der Waals surface area (Å²) in [6.45, 7) is 15.7. The number of aromatic nitrogens is 6. The van der Waals surface area contributed by atoms with E-state index in [1.165, 1.54) is 4.90 Å². The molecule has 75 heavy (non-hydrogen) atoms. The molecule has 20 heteroatoms. The second-order valence-corrected chi connectivity index (χ2v) is 21.5. The number of para-hydroxylation sites is 1. The zero-order chi connectivity index (χ0) is 52.2. The number of piperazine rings is 2. The van der Waals surface area contributed by atoms with Crippen LogP contribution in [0.1, 0.15) is 69.8 Å². The fraction of sp³-hybridized carbons (Fsp3) is 0.473. The monoisotopic (exact) mass is 1040 g/mol. The Bertz CT molecular complexity index is 2910. The number of phenols is 1. The number of benzene rings is 2. The SMILES string of the molecule is Cc1ncsc1-c1ccc([C@H](C)NC(=O)[C@@H]2C[C@@H](O)CN2C(=O)C(C(C)C)n2cc(OCCN3CCN(CCOc4cc(N5CC6CCCC5CN6c5cc(-c6ccccc6O)nnc5N)ccn4)CC3)cn2)cc1. The highest BCUT2D eigenvalue weighted by Gasteiger charge is 2.43. The quantitative estimate of drug-likeness (QED) is 0.0799. The Morgan fingerprint density at radius 2 is 1.60 bits per heavy atom. The highest BCUT2D eigenvalue weighted by atomic mass is 32.1. The zero-order valence-electron chi connectivity index (χ0n) is 43.2. The molecular weight excluding hydrogens is 971 g/mol. The molecule has 5 saturated heterocycles. The molecule has 2 aromatic carbocycles. The van der Waals surface area contributed by atoms with Crippen molar-refractivity contribution < 1.29 is 29.3 Å². The lowest BCUT2D eigenvalue weighted by Gasteiger charge is -2.46. The number of aromatic hydroxyl groups is 1. The van der Waals surface area contributed by atoms with Gasteiger partial charge in [-0.1, -0.05) is 50.2 Å². The highest BCUT2D eigenvalue weighted by molar-refractivity contribution is 7.13. The first-order valence-corrected chi connectivity index (χ1v) is 27.2. The van der Waals surface area contributed by atoms with Gasteiger partial charge in [-0.05, 0) is 74.4 Å². The van der Waals surface area contributed by atoms with Gasteiger partial charge in [-0.3, -0.25) is 24.1 Å². The van der Waals surface area contributed by atoms with Crippen LogP contribution in [0.3, 0.4) is 0 Å². The third kappa shape index (κ3) is 11.7. The summed E-state index contributed by atoms with van der Waals surface area (Å²) in [4.78, 5) is 49.3. The normalized spacial score (nSPS) is 21.1. The largest absolute Gasteiger partial charge is 0.507 e. The maximum absolute atomic E-state index is 14.3. The molecular formula is C55H69N13O6S. The molecule has 6 aromatic rings. The predicted molar refractivity (Wildman–Crippen MR) is 289 cm³/mol. The summed E-state index contributed by atoms with van der Waals surface area (Å²) in [6.07, 6.45) is 7.79. The Kier molecular flexibility index (Phi) is 15.8. The number of nitrogens with two attached hydrogens (primary N) is 1. The molecule has 5 N–H and O–H groups in total. The van der Waals surface area contributed by atoms with E-state index in [9.17, 15) is 19.8 Å². The van der Waals surface area contributed by atoms with Crippen LogP contribution in [0.4, 0.5) is 17.2 Å². The third-order valence-corrected chi connectivity index (χ3v) is 16.3. The number of rotatable bonds is 18. The van der Waals surface area contributed by atoms with Gasteiger partial charge >= 0.3 is 0 Å². The van der Waals surface area contributed by atoms with Crippen molar-refractivity contribution in [1.82, 2.24) is 50.0 Å². The van der Waals surface area contributed by atoms with Crippen LogP contribution >= 0.6 is 11.3 Å². The minimum atomic E-state index is -0.810. The van der Waals surface area contributed by atoms with E-state index in [4.69, 9.17) is 15.2 Å². The maximum Gasteiger partial charge on any atom is 0.248 e. The molecule has 5 aliphatic heterocycles. The van der Waals surface area contributed by atoms with Gasteiger partial charge in [0.25, 0.3) is 0 Å². The number of carbonyl (C=O) groups excluding carboxylic acids is 2. The van der Waals surface area contributed by atoms with Crippen molar-refractivity contribution in [2.45, 2.75) is 89.7 Å². The number of nitrogens with one attached hydrogen (secondary N) is 1. The van der Waals surface area contributed by atoms with Crippen molar-refractivity contribution in [2.24, 2.45) is 5.92 Å². The van der Waals surface area contributed by atoms with Crippen LogP contribution in [-0.4, -0.2) is 163 Å². The van der Waals surface area contributed by atoms with Crippen LogP contribution in [0.15, 0.2) is 90.8 Å². The van der Waals surface area contributed by atoms with E-state index >= 15 is 0 Å². The molecule has 2 amide bonds. The number of β-amino-alcohol motifs (C(OH)–C–C–N with tert-alkyl or cyclic N) is 1. The van der Waals surface area contributed by atoms with Crippen molar-refractivity contribution in [1.29, 1.82) is 0 Å². The van der Waals surface area contributed by atoms with Gasteiger partial charge in [0.1, 0.15) is 31.0 Å². The Hall–Kier alpha value is -6.87. The van der Waals surface area contributed by atoms with Gasteiger partial charge in [0.05, 0.1) is 52.0 Å². The lowest BCUT2D eigenvalue weighted by molar-refractivity contribution is -0.142. The van der Waals surface area contributed by atoms with Crippen LogP contribution in [-0.2, 0) is 9.59 Å². The van der Waals surface area contributed by atoms with Crippen molar-refractivity contribution in [3.63, 3.8) is 0 Å². The first-order valence-electron chi connectivity index (χ1n) is 26.3. The number of aryl methyl sites for hydroxylation is 1. The van der Waals surface area contributed by atoms with Crippen molar-refractivity contribution in [3.05, 3.63) is 102 Å². The van der Waals surface area contributed by atoms with Crippen molar-refractivity contribution in [2.75, 3.05) is 87.7 Å². The molecule has 11 rings (SSSR count). The zero-order valence-corrected chi connectivity index (χ0v) is 44.1. The summed E-state index contributed by atoms with van der Waals surface area (Å²) in [5.41, 5.74) is 14.5. The minimum Gasteiger partial charge on any atom is -0.507 e. The molecule has 5 fully saturated rings. The molecule has 0 aliphatic carbocycles. The van der Waals surface area contributed by atoms with Gasteiger partial charge in [0.15, 0.2) is 11.6 Å². The Labute approximate surface area is 442 Å². The van der Waals surface area contributed by atoms with Gasteiger partial charge < -0.3 is 45.4 Å². The number of hydrogen-bond donors (Lipinski definition) is 4. The average molecular weight is 1040 g/mol. The van der Waals surface area contributed by atoms with E-state index in [2.05, 4.69) is 62.3 Å². The standard InChI is InChI=1S/C55H69N13O6S/c1-35(2)51(55(72)67-32-43(69)27-48(67)54(71)60-36(3)38-12-14-39(15-13-38)52-37(4)58-34-75-52)68-33-44(29-59-68)73-24-22-63-18-20-64(21-19-63)23-25-74-50-26-40(16-17-57-50)65-30-42-9-7-8-41(65)31-66(42)47-28-46(61-62-53(47)56)45-10-5-6-11-49(45)70/h5-6,10-17,26,28-29,33-36,41-43,48,51,69-70H,7-9,18-25,27,30-32H2,1-4H3,(H2,56,62)(H,60,71)/t36-,41?,42?,43+,48-,51?/m0/s1. The second-order valence-electron chi connectivity index (χ2n) is 20.7. The molecule has 3 unspecified atom stereocenters. The van der Waals surface area contributed by atoms with E-state index in [1.54, 1.807) is 40.5 Å². The third-order valence-electron chi connectivity index (χ3n) is 15.3. The van der Waals surface area contributed by atoms with Crippen LogP contribution in [0.2, 0.25) is 0 Å². The van der Waals surface area contributed by atoms with Crippen LogP contribution < -0.4 is 30.3 Å². The second kappa shape index (κ2) is 22.9. The number of phenolic OH excluding ortho intramolecular Hbond substituents is 1. The summed E-state index contributed by atoms with van der Waals surface area (Å²) in [6, 6.07) is 20.0. The average Bonchev–Trinajstić information content (AvgIpc) is 4.09. The fourth-order valence-electron chi connectivity index (χ4n) is 11.2. The predicted octanol–water partition coefficient (Wildman–Crippen LogP) is 5.81. The Morgan fingerprint density at radius 1 is 0.880 bits per heavy atom. The topological polar surface area (TPSA) is 217 Å². The van der Waals surface area contributed by atoms with E-state index in [1.807, 2.05) is 81.9 Å². The molecule has 396 valence electrons. The molecule has 0 radical (unpaired) electrons. The van der Waals surface area contributed by atoms with Crippen LogP contribution in [0.25, 0.3) is 21.7 Å². The van der Waals surface area contributed by atoms with Crippen LogP contribution in [0, 0.1) is 12.8 Å². The van der Waals surface area contributed by atoms with Gasteiger partial charge in [-0.2, -0.15) is 5.10 Å². The summed E-state index contributed by atoms with van der Waals surface area (Å²) in [7, 11) is 0. The number of likely N-dealkylation sites (tertiary alicyclic amines) is 1. The summed E-state index contributed by atoms with van der Waals surface area (Å²) < 4.78 is 14.1. The Morgan fingerprint density at radius 3 is 2.32 bits per heavy atom. The number of aliphatic hydroxyl groups is 1.